The lowest BCUT2D eigenvalue weighted by molar-refractivity contribution is 0.0705. The fourth-order valence-electron chi connectivity index (χ4n) is 4.85. The van der Waals surface area contributed by atoms with Crippen molar-refractivity contribution in [3.05, 3.63) is 70.5 Å². The summed E-state index contributed by atoms with van der Waals surface area (Å²) in [5.74, 6) is 0.715. The van der Waals surface area contributed by atoms with Gasteiger partial charge in [0, 0.05) is 11.3 Å². The van der Waals surface area contributed by atoms with Crippen LogP contribution >= 0.6 is 0 Å². The molecule has 0 atom stereocenters. The third-order valence-corrected chi connectivity index (χ3v) is 5.71. The van der Waals surface area contributed by atoms with E-state index in [0.717, 1.165) is 23.8 Å². The normalized spacial score (nSPS) is 22.8. The average Bonchev–Trinajstić information content (AvgIpc) is 2.94. The molecule has 2 nitrogen and oxygen atoms in total. The van der Waals surface area contributed by atoms with Crippen LogP contribution in [-0.2, 0) is 5.41 Å². The number of hydrogen-bond acceptors (Lipinski definition) is 2. The number of rotatable bonds is 3. The Labute approximate surface area is 148 Å². The van der Waals surface area contributed by atoms with Crippen molar-refractivity contribution in [2.45, 2.75) is 46.0 Å². The molecule has 0 amide bonds. The second-order valence-electron chi connectivity index (χ2n) is 7.95. The Balaban J connectivity index is 1.57. The highest BCUT2D eigenvalue weighted by Crippen LogP contribution is 2.50. The predicted octanol–water partition coefficient (Wildman–Crippen LogP) is 5.91. The summed E-state index contributed by atoms with van der Waals surface area (Å²) in [6.45, 7) is 8.81. The quantitative estimate of drug-likeness (QED) is 0.558. The first kappa shape index (κ1) is 16.1. The van der Waals surface area contributed by atoms with E-state index >= 15 is 0 Å². The minimum atomic E-state index is 0.0608. The molecule has 1 saturated carbocycles. The van der Waals surface area contributed by atoms with Crippen LogP contribution in [0.15, 0.2) is 46.9 Å². The minimum Gasteiger partial charge on any atom is -0.453 e. The molecule has 3 aromatic rings. The fraction of sp³-hybridized carbons (Fsp3) is 0.348. The molecule has 128 valence electrons. The van der Waals surface area contributed by atoms with Gasteiger partial charge in [0.25, 0.3) is 0 Å². The molecule has 0 saturated heterocycles. The molecule has 1 heterocycles. The third-order valence-electron chi connectivity index (χ3n) is 5.71. The maximum Gasteiger partial charge on any atom is 0.201 e. The monoisotopic (exact) mass is 332 g/mol. The van der Waals surface area contributed by atoms with E-state index < -0.39 is 0 Å². The lowest BCUT2D eigenvalue weighted by atomic mass is 9.57. The highest BCUT2D eigenvalue weighted by Gasteiger charge is 2.47. The van der Waals surface area contributed by atoms with Crippen LogP contribution < -0.4 is 0 Å². The molecule has 0 radical (unpaired) electrons. The molecular formula is C23H24O2. The summed E-state index contributed by atoms with van der Waals surface area (Å²) >= 11 is 0. The summed E-state index contributed by atoms with van der Waals surface area (Å²) in [4.78, 5) is 12.8. The van der Waals surface area contributed by atoms with Crippen molar-refractivity contribution in [2.75, 3.05) is 0 Å². The summed E-state index contributed by atoms with van der Waals surface area (Å²) in [6, 6.07) is 14.2. The van der Waals surface area contributed by atoms with Gasteiger partial charge in [-0.25, -0.2) is 0 Å². The molecule has 2 heteroatoms. The van der Waals surface area contributed by atoms with Crippen molar-refractivity contribution < 1.29 is 9.21 Å². The third kappa shape index (κ3) is 2.60. The van der Waals surface area contributed by atoms with Crippen LogP contribution in [0.4, 0.5) is 0 Å². The van der Waals surface area contributed by atoms with Crippen LogP contribution in [0.25, 0.3) is 11.0 Å². The number of fused-ring (bicyclic) bond motifs is 1. The molecule has 0 aliphatic heterocycles. The van der Waals surface area contributed by atoms with E-state index in [-0.39, 0.29) is 17.1 Å². The first-order valence-corrected chi connectivity index (χ1v) is 8.98. The van der Waals surface area contributed by atoms with E-state index in [0.29, 0.717) is 5.76 Å². The van der Waals surface area contributed by atoms with Gasteiger partial charge in [-0.2, -0.15) is 0 Å². The van der Waals surface area contributed by atoms with Gasteiger partial charge in [-0.1, -0.05) is 42.8 Å². The van der Waals surface area contributed by atoms with Gasteiger partial charge < -0.3 is 4.42 Å². The lowest BCUT2D eigenvalue weighted by Gasteiger charge is -2.46. The molecule has 0 N–H and O–H groups in total. The molecule has 1 aliphatic rings. The van der Waals surface area contributed by atoms with E-state index in [1.807, 2.05) is 30.3 Å². The summed E-state index contributed by atoms with van der Waals surface area (Å²) in [6.07, 6.45) is 1.79. The molecule has 0 spiro atoms. The Kier molecular flexibility index (Phi) is 3.61. The van der Waals surface area contributed by atoms with Crippen molar-refractivity contribution in [3.63, 3.8) is 0 Å². The summed E-state index contributed by atoms with van der Waals surface area (Å²) < 4.78 is 5.77. The number of Topliss-reactive ketones (excluding diaryl/α,β-unsaturated/α-hetero) is 1. The van der Waals surface area contributed by atoms with Gasteiger partial charge in [-0.05, 0) is 67.9 Å². The van der Waals surface area contributed by atoms with Crippen molar-refractivity contribution >= 4 is 16.8 Å². The maximum atomic E-state index is 12.8. The molecule has 0 bridgehead atoms. The Bertz CT molecular complexity index is 915. The first-order valence-electron chi connectivity index (χ1n) is 8.98. The fourth-order valence-corrected chi connectivity index (χ4v) is 4.85. The van der Waals surface area contributed by atoms with Gasteiger partial charge in [0.1, 0.15) is 5.58 Å². The summed E-state index contributed by atoms with van der Waals surface area (Å²) in [5, 5.41) is 0.998. The van der Waals surface area contributed by atoms with E-state index in [1.165, 1.54) is 22.3 Å². The minimum absolute atomic E-state index is 0.0608. The van der Waals surface area contributed by atoms with E-state index in [1.54, 1.807) is 0 Å². The number of carbonyl (C=O) groups excluding carboxylic acids is 1. The molecule has 2 aromatic carbocycles. The molecule has 1 aliphatic carbocycles. The van der Waals surface area contributed by atoms with Gasteiger partial charge >= 0.3 is 0 Å². The number of ketones is 1. The molecule has 4 rings (SSSR count). The molecule has 0 unspecified atom stereocenters. The van der Waals surface area contributed by atoms with Crippen LogP contribution in [0.5, 0.6) is 0 Å². The lowest BCUT2D eigenvalue weighted by Crippen LogP contribution is -2.43. The standard InChI is InChI=1S/C23H24O2/c1-14-9-15(2)21(16(3)10-14)23(4)12-18(13-23)22(24)20-11-17-7-5-6-8-19(17)25-20/h5-11,18H,12-13H2,1-4H3. The van der Waals surface area contributed by atoms with Crippen molar-refractivity contribution in [1.29, 1.82) is 0 Å². The van der Waals surface area contributed by atoms with Gasteiger partial charge in [0.05, 0.1) is 0 Å². The number of aryl methyl sites for hydroxylation is 3. The number of para-hydroxylation sites is 1. The van der Waals surface area contributed by atoms with Crippen molar-refractivity contribution in [2.24, 2.45) is 5.92 Å². The van der Waals surface area contributed by atoms with Crippen molar-refractivity contribution in [3.8, 4) is 0 Å². The zero-order valence-electron chi connectivity index (χ0n) is 15.3. The Morgan fingerprint density at radius 1 is 1.04 bits per heavy atom. The largest absolute Gasteiger partial charge is 0.453 e. The van der Waals surface area contributed by atoms with Gasteiger partial charge in [-0.15, -0.1) is 0 Å². The van der Waals surface area contributed by atoms with Gasteiger partial charge in [-0.3, -0.25) is 4.79 Å². The highest BCUT2D eigenvalue weighted by molar-refractivity contribution is 5.99. The second-order valence-corrected chi connectivity index (χ2v) is 7.95. The van der Waals surface area contributed by atoms with Crippen molar-refractivity contribution in [1.82, 2.24) is 0 Å². The molecule has 25 heavy (non-hydrogen) atoms. The molecule has 1 fully saturated rings. The number of furan rings is 1. The van der Waals surface area contributed by atoms with Crippen LogP contribution in [0, 0.1) is 26.7 Å². The average molecular weight is 332 g/mol. The SMILES string of the molecule is Cc1cc(C)c(C2(C)CC(C(=O)c3cc4ccccc4o3)C2)c(C)c1. The second kappa shape index (κ2) is 5.59. The summed E-state index contributed by atoms with van der Waals surface area (Å²) in [7, 11) is 0. The summed E-state index contributed by atoms with van der Waals surface area (Å²) in [5.41, 5.74) is 6.29. The zero-order chi connectivity index (χ0) is 17.8. The topological polar surface area (TPSA) is 30.2 Å². The molecule has 1 aromatic heterocycles. The Morgan fingerprint density at radius 3 is 2.32 bits per heavy atom. The number of benzene rings is 2. The number of hydrogen-bond donors (Lipinski definition) is 0. The first-order chi connectivity index (χ1) is 11.9. The van der Waals surface area contributed by atoms with E-state index in [9.17, 15) is 4.79 Å². The smallest absolute Gasteiger partial charge is 0.201 e. The Morgan fingerprint density at radius 2 is 1.68 bits per heavy atom. The zero-order valence-corrected chi connectivity index (χ0v) is 15.3. The number of carbonyl (C=O) groups is 1. The van der Waals surface area contributed by atoms with Gasteiger partial charge in [0.15, 0.2) is 5.76 Å². The molecular weight excluding hydrogens is 308 g/mol. The van der Waals surface area contributed by atoms with Crippen LogP contribution in [0.3, 0.4) is 0 Å². The maximum absolute atomic E-state index is 12.8. The van der Waals surface area contributed by atoms with Gasteiger partial charge in [0.2, 0.25) is 5.78 Å². The highest BCUT2D eigenvalue weighted by atomic mass is 16.3. The Hall–Kier alpha value is -2.35. The van der Waals surface area contributed by atoms with Crippen LogP contribution in [0.1, 0.15) is 52.6 Å². The predicted molar refractivity (Wildman–Crippen MR) is 101 cm³/mol. The van der Waals surface area contributed by atoms with Crippen LogP contribution in [-0.4, -0.2) is 5.78 Å². The van der Waals surface area contributed by atoms with Crippen LogP contribution in [0.2, 0.25) is 0 Å². The van der Waals surface area contributed by atoms with E-state index in [2.05, 4.69) is 39.8 Å². The van der Waals surface area contributed by atoms with E-state index in [4.69, 9.17) is 4.42 Å².